The second-order valence-electron chi connectivity index (χ2n) is 8.13. The summed E-state index contributed by atoms with van der Waals surface area (Å²) >= 11 is 0. The van der Waals surface area contributed by atoms with Crippen LogP contribution in [0.5, 0.6) is 17.2 Å². The molecule has 1 aliphatic heterocycles. The van der Waals surface area contributed by atoms with Crippen LogP contribution in [0.3, 0.4) is 0 Å². The standard InChI is InChI=1S/C28H26FNO6/c1-4-14-36-21-7-5-6-17(15-21)25-24(26(31)22-16-18(29)8-13-23(22)35-3)27(32)28(33)30(25)19-9-11-20(34-2)12-10-19/h5-13,15-16,25,31H,4,14H2,1-3H3/b26-24+. The quantitative estimate of drug-likeness (QED) is 0.263. The average molecular weight is 492 g/mol. The molecule has 0 radical (unpaired) electrons. The summed E-state index contributed by atoms with van der Waals surface area (Å²) in [4.78, 5) is 28.0. The first-order chi connectivity index (χ1) is 17.4. The van der Waals surface area contributed by atoms with Crippen LogP contribution in [0, 0.1) is 5.82 Å². The van der Waals surface area contributed by atoms with Crippen LogP contribution in [0.1, 0.15) is 30.5 Å². The fraction of sp³-hybridized carbons (Fsp3) is 0.214. The van der Waals surface area contributed by atoms with Gasteiger partial charge in [-0.25, -0.2) is 4.39 Å². The summed E-state index contributed by atoms with van der Waals surface area (Å²) in [5.41, 5.74) is 0.740. The van der Waals surface area contributed by atoms with Crippen LogP contribution >= 0.6 is 0 Å². The number of ketones is 1. The van der Waals surface area contributed by atoms with Crippen LogP contribution in [0.2, 0.25) is 0 Å². The molecular formula is C28H26FNO6. The fourth-order valence-electron chi connectivity index (χ4n) is 4.16. The summed E-state index contributed by atoms with van der Waals surface area (Å²) < 4.78 is 30.4. The fourth-order valence-corrected chi connectivity index (χ4v) is 4.16. The van der Waals surface area contributed by atoms with Crippen LogP contribution in [0.4, 0.5) is 10.1 Å². The number of hydrogen-bond acceptors (Lipinski definition) is 6. The van der Waals surface area contributed by atoms with Gasteiger partial charge in [-0.05, 0) is 66.6 Å². The predicted octanol–water partition coefficient (Wildman–Crippen LogP) is 5.26. The highest BCUT2D eigenvalue weighted by atomic mass is 19.1. The van der Waals surface area contributed by atoms with Gasteiger partial charge in [0.2, 0.25) is 0 Å². The van der Waals surface area contributed by atoms with Gasteiger partial charge < -0.3 is 19.3 Å². The Labute approximate surface area is 208 Å². The highest BCUT2D eigenvalue weighted by molar-refractivity contribution is 6.51. The number of nitrogens with zero attached hydrogens (tertiary/aromatic N) is 1. The van der Waals surface area contributed by atoms with Crippen LogP contribution < -0.4 is 19.1 Å². The third-order valence-corrected chi connectivity index (χ3v) is 5.86. The minimum atomic E-state index is -1.00. The lowest BCUT2D eigenvalue weighted by Gasteiger charge is -2.26. The van der Waals surface area contributed by atoms with Crippen molar-refractivity contribution in [1.82, 2.24) is 0 Å². The van der Waals surface area contributed by atoms with Crippen molar-refractivity contribution in [2.45, 2.75) is 19.4 Å². The summed E-state index contributed by atoms with van der Waals surface area (Å²) in [5.74, 6) is -1.62. The smallest absolute Gasteiger partial charge is 0.300 e. The lowest BCUT2D eigenvalue weighted by atomic mass is 9.94. The molecule has 1 amide bonds. The zero-order valence-electron chi connectivity index (χ0n) is 20.2. The number of aliphatic hydroxyl groups excluding tert-OH is 1. The number of aliphatic hydroxyl groups is 1. The van der Waals surface area contributed by atoms with E-state index >= 15 is 0 Å². The van der Waals surface area contributed by atoms with E-state index in [0.29, 0.717) is 29.4 Å². The molecule has 1 fully saturated rings. The molecule has 1 N–H and O–H groups in total. The van der Waals surface area contributed by atoms with Gasteiger partial charge in [0.25, 0.3) is 11.7 Å². The predicted molar refractivity (Wildman–Crippen MR) is 133 cm³/mol. The minimum Gasteiger partial charge on any atom is -0.507 e. The molecule has 0 saturated carbocycles. The number of halogens is 1. The summed E-state index contributed by atoms with van der Waals surface area (Å²) in [6.07, 6.45) is 0.800. The van der Waals surface area contributed by atoms with Gasteiger partial charge in [-0.3, -0.25) is 14.5 Å². The molecule has 186 valence electrons. The van der Waals surface area contributed by atoms with Crippen molar-refractivity contribution >= 4 is 23.1 Å². The SMILES string of the molecule is CCCOc1cccc(C2/C(=C(\O)c3cc(F)ccc3OC)C(=O)C(=O)N2c2ccc(OC)cc2)c1. The monoisotopic (exact) mass is 491 g/mol. The zero-order chi connectivity index (χ0) is 25.8. The molecule has 4 rings (SSSR count). The summed E-state index contributed by atoms with van der Waals surface area (Å²) in [6.45, 7) is 2.47. The number of Topliss-reactive ketones (excluding diaryl/α,β-unsaturated/α-hetero) is 1. The van der Waals surface area contributed by atoms with Crippen molar-refractivity contribution < 1.29 is 33.3 Å². The van der Waals surface area contributed by atoms with Crippen molar-refractivity contribution in [3.63, 3.8) is 0 Å². The van der Waals surface area contributed by atoms with Gasteiger partial charge in [-0.15, -0.1) is 0 Å². The molecule has 0 aromatic heterocycles. The molecule has 0 bridgehead atoms. The third-order valence-electron chi connectivity index (χ3n) is 5.86. The lowest BCUT2D eigenvalue weighted by Crippen LogP contribution is -2.29. The second-order valence-corrected chi connectivity index (χ2v) is 8.13. The highest BCUT2D eigenvalue weighted by Crippen LogP contribution is 2.44. The number of anilines is 1. The maximum atomic E-state index is 14.1. The molecule has 3 aromatic rings. The van der Waals surface area contributed by atoms with Gasteiger partial charge in [0.05, 0.1) is 38.0 Å². The second kappa shape index (κ2) is 10.5. The number of carbonyl (C=O) groups excluding carboxylic acids is 2. The molecule has 1 aliphatic rings. The van der Waals surface area contributed by atoms with Crippen molar-refractivity contribution in [3.8, 4) is 17.2 Å². The maximum absolute atomic E-state index is 14.1. The number of hydrogen-bond donors (Lipinski definition) is 1. The normalized spacial score (nSPS) is 16.8. The van der Waals surface area contributed by atoms with E-state index in [-0.39, 0.29) is 16.9 Å². The van der Waals surface area contributed by atoms with Gasteiger partial charge in [0, 0.05) is 5.69 Å². The van der Waals surface area contributed by atoms with Gasteiger partial charge in [0.1, 0.15) is 28.8 Å². The zero-order valence-corrected chi connectivity index (χ0v) is 20.2. The topological polar surface area (TPSA) is 85.3 Å². The van der Waals surface area contributed by atoms with Crippen molar-refractivity contribution in [1.29, 1.82) is 0 Å². The molecule has 0 spiro atoms. The first-order valence-corrected chi connectivity index (χ1v) is 11.4. The molecule has 0 aliphatic carbocycles. The maximum Gasteiger partial charge on any atom is 0.300 e. The first-order valence-electron chi connectivity index (χ1n) is 11.4. The van der Waals surface area contributed by atoms with Gasteiger partial charge in [-0.1, -0.05) is 19.1 Å². The number of methoxy groups -OCH3 is 2. The largest absolute Gasteiger partial charge is 0.507 e. The van der Waals surface area contributed by atoms with E-state index in [9.17, 15) is 19.1 Å². The summed E-state index contributed by atoms with van der Waals surface area (Å²) in [5, 5.41) is 11.3. The molecule has 7 nitrogen and oxygen atoms in total. The Morgan fingerprint density at radius 1 is 0.972 bits per heavy atom. The third kappa shape index (κ3) is 4.62. The minimum absolute atomic E-state index is 0.0337. The molecular weight excluding hydrogens is 465 g/mol. The van der Waals surface area contributed by atoms with Gasteiger partial charge in [0.15, 0.2) is 0 Å². The van der Waals surface area contributed by atoms with E-state index in [1.807, 2.05) is 6.92 Å². The van der Waals surface area contributed by atoms with Crippen molar-refractivity contribution in [2.24, 2.45) is 0 Å². The Bertz CT molecular complexity index is 1320. The van der Waals surface area contributed by atoms with E-state index in [1.165, 1.54) is 31.3 Å². The Balaban J connectivity index is 1.94. The highest BCUT2D eigenvalue weighted by Gasteiger charge is 2.47. The Morgan fingerprint density at radius 3 is 2.39 bits per heavy atom. The molecule has 1 unspecified atom stereocenters. The van der Waals surface area contributed by atoms with Crippen LogP contribution in [0.15, 0.2) is 72.3 Å². The number of benzene rings is 3. The van der Waals surface area contributed by atoms with E-state index in [2.05, 4.69) is 0 Å². The van der Waals surface area contributed by atoms with E-state index in [4.69, 9.17) is 14.2 Å². The Hall–Kier alpha value is -4.33. The van der Waals surface area contributed by atoms with E-state index in [1.54, 1.807) is 48.5 Å². The van der Waals surface area contributed by atoms with E-state index in [0.717, 1.165) is 12.5 Å². The number of carbonyl (C=O) groups is 2. The van der Waals surface area contributed by atoms with E-state index < -0.39 is 29.3 Å². The molecule has 1 saturated heterocycles. The summed E-state index contributed by atoms with van der Waals surface area (Å²) in [7, 11) is 2.89. The lowest BCUT2D eigenvalue weighted by molar-refractivity contribution is -0.132. The average Bonchev–Trinajstić information content (AvgIpc) is 3.17. The molecule has 36 heavy (non-hydrogen) atoms. The van der Waals surface area contributed by atoms with Crippen LogP contribution in [-0.2, 0) is 9.59 Å². The van der Waals surface area contributed by atoms with Crippen LogP contribution in [-0.4, -0.2) is 37.6 Å². The molecule has 3 aromatic carbocycles. The summed E-state index contributed by atoms with van der Waals surface area (Å²) in [6, 6.07) is 16.2. The molecule has 1 atom stereocenters. The van der Waals surface area contributed by atoms with Gasteiger partial charge in [-0.2, -0.15) is 0 Å². The van der Waals surface area contributed by atoms with Crippen LogP contribution in [0.25, 0.3) is 5.76 Å². The Kier molecular flexibility index (Phi) is 7.24. The molecule has 1 heterocycles. The molecule has 8 heteroatoms. The van der Waals surface area contributed by atoms with Crippen molar-refractivity contribution in [3.05, 3.63) is 89.2 Å². The first kappa shape index (κ1) is 24.8. The van der Waals surface area contributed by atoms with Crippen molar-refractivity contribution in [2.75, 3.05) is 25.7 Å². The number of amides is 1. The number of ether oxygens (including phenoxy) is 3. The van der Waals surface area contributed by atoms with Gasteiger partial charge >= 0.3 is 0 Å². The Morgan fingerprint density at radius 2 is 1.72 bits per heavy atom. The number of rotatable bonds is 8.